The molecule has 7 heteroatoms. The fourth-order valence-corrected chi connectivity index (χ4v) is 4.71. The van der Waals surface area contributed by atoms with Crippen LogP contribution in [0.3, 0.4) is 0 Å². The Kier molecular flexibility index (Phi) is 5.62. The highest BCUT2D eigenvalue weighted by atomic mass is 19.1. The van der Waals surface area contributed by atoms with Crippen molar-refractivity contribution in [1.82, 2.24) is 14.9 Å². The second-order valence-electron chi connectivity index (χ2n) is 8.60. The highest BCUT2D eigenvalue weighted by Crippen LogP contribution is 2.35. The third-order valence-corrected chi connectivity index (χ3v) is 6.44. The molecule has 33 heavy (non-hydrogen) atoms. The van der Waals surface area contributed by atoms with Crippen LogP contribution in [0.25, 0.3) is 0 Å². The highest BCUT2D eigenvalue weighted by molar-refractivity contribution is 5.96. The van der Waals surface area contributed by atoms with Crippen molar-refractivity contribution in [2.24, 2.45) is 0 Å². The topological polar surface area (TPSA) is 66.4 Å². The maximum absolute atomic E-state index is 13.4. The monoisotopic (exact) mass is 444 g/mol. The lowest BCUT2D eigenvalue weighted by Crippen LogP contribution is -2.37. The molecule has 1 atom stereocenters. The number of amides is 2. The Balaban J connectivity index is 1.49. The van der Waals surface area contributed by atoms with E-state index in [9.17, 15) is 14.0 Å². The van der Waals surface area contributed by atoms with E-state index in [1.165, 1.54) is 12.1 Å². The van der Waals surface area contributed by atoms with Crippen LogP contribution in [0.4, 0.5) is 10.2 Å². The van der Waals surface area contributed by atoms with Crippen LogP contribution < -0.4 is 4.90 Å². The molecule has 1 aromatic heterocycles. The molecule has 1 saturated heterocycles. The lowest BCUT2D eigenvalue weighted by Gasteiger charge is -2.31. The molecule has 2 amide bonds. The van der Waals surface area contributed by atoms with Crippen molar-refractivity contribution in [3.63, 3.8) is 0 Å². The van der Waals surface area contributed by atoms with Gasteiger partial charge in [-0.15, -0.1) is 0 Å². The zero-order chi connectivity index (χ0) is 22.9. The van der Waals surface area contributed by atoms with Crippen molar-refractivity contribution >= 4 is 17.6 Å². The molecule has 0 bridgehead atoms. The molecule has 2 aliphatic rings. The van der Waals surface area contributed by atoms with E-state index in [1.807, 2.05) is 42.2 Å². The van der Waals surface area contributed by atoms with Crippen LogP contribution in [-0.2, 0) is 17.8 Å². The number of likely N-dealkylation sites (tertiary alicyclic amines) is 1. The molecule has 3 aromatic rings. The summed E-state index contributed by atoms with van der Waals surface area (Å²) in [4.78, 5) is 39.2. The number of aromatic nitrogens is 2. The van der Waals surface area contributed by atoms with Gasteiger partial charge in [-0.2, -0.15) is 0 Å². The normalized spacial score (nSPS) is 17.9. The largest absolute Gasteiger partial charge is 0.328 e. The van der Waals surface area contributed by atoms with Gasteiger partial charge in [0.15, 0.2) is 5.82 Å². The van der Waals surface area contributed by atoms with E-state index in [4.69, 9.17) is 9.97 Å². The molecule has 168 valence electrons. The minimum absolute atomic E-state index is 0.0143. The average molecular weight is 445 g/mol. The quantitative estimate of drug-likeness (QED) is 0.599. The number of halogens is 1. The highest BCUT2D eigenvalue weighted by Gasteiger charge is 2.35. The lowest BCUT2D eigenvalue weighted by atomic mass is 10.0. The van der Waals surface area contributed by atoms with E-state index in [1.54, 1.807) is 17.0 Å². The summed E-state index contributed by atoms with van der Waals surface area (Å²) in [6, 6.07) is 15.2. The van der Waals surface area contributed by atoms with Crippen molar-refractivity contribution in [3.8, 4) is 0 Å². The number of nitrogens with zero attached hydrogens (tertiary/aromatic N) is 4. The second kappa shape index (κ2) is 8.73. The van der Waals surface area contributed by atoms with Crippen LogP contribution in [-0.4, -0.2) is 33.2 Å². The molecular weight excluding hydrogens is 419 g/mol. The molecule has 5 rings (SSSR count). The second-order valence-corrected chi connectivity index (χ2v) is 8.60. The molecule has 0 radical (unpaired) electrons. The number of carbonyl (C=O) groups excluding carboxylic acids is 2. The number of benzene rings is 2. The summed E-state index contributed by atoms with van der Waals surface area (Å²) in [5.74, 6) is 0.828. The SMILES string of the molecule is Cc1nc([C@H]2CCCN2C(=O)c2ccccc2)nc2c1CCC(=O)N2Cc1ccc(F)cc1. The summed E-state index contributed by atoms with van der Waals surface area (Å²) >= 11 is 0. The van der Waals surface area contributed by atoms with Crippen molar-refractivity contribution in [2.75, 3.05) is 11.4 Å². The number of hydrogen-bond acceptors (Lipinski definition) is 4. The van der Waals surface area contributed by atoms with Gasteiger partial charge < -0.3 is 4.90 Å². The minimum Gasteiger partial charge on any atom is -0.328 e. The molecule has 0 N–H and O–H groups in total. The lowest BCUT2D eigenvalue weighted by molar-refractivity contribution is -0.119. The number of rotatable bonds is 4. The Morgan fingerprint density at radius 3 is 2.58 bits per heavy atom. The molecule has 0 saturated carbocycles. The molecular formula is C26H25FN4O2. The van der Waals surface area contributed by atoms with Gasteiger partial charge in [0.05, 0.1) is 12.6 Å². The van der Waals surface area contributed by atoms with Gasteiger partial charge >= 0.3 is 0 Å². The van der Waals surface area contributed by atoms with Gasteiger partial charge in [-0.3, -0.25) is 14.5 Å². The van der Waals surface area contributed by atoms with E-state index in [2.05, 4.69) is 0 Å². The molecule has 6 nitrogen and oxygen atoms in total. The van der Waals surface area contributed by atoms with E-state index in [0.29, 0.717) is 43.1 Å². The van der Waals surface area contributed by atoms with E-state index in [0.717, 1.165) is 29.7 Å². The van der Waals surface area contributed by atoms with Crippen molar-refractivity contribution in [3.05, 3.63) is 88.6 Å². The maximum Gasteiger partial charge on any atom is 0.254 e. The number of anilines is 1. The van der Waals surface area contributed by atoms with Gasteiger partial charge in [0, 0.05) is 29.8 Å². The first-order chi connectivity index (χ1) is 16.0. The zero-order valence-corrected chi connectivity index (χ0v) is 18.5. The summed E-state index contributed by atoms with van der Waals surface area (Å²) in [7, 11) is 0. The third kappa shape index (κ3) is 4.11. The van der Waals surface area contributed by atoms with Crippen molar-refractivity contribution in [1.29, 1.82) is 0 Å². The van der Waals surface area contributed by atoms with Crippen molar-refractivity contribution in [2.45, 2.75) is 45.2 Å². The van der Waals surface area contributed by atoms with Crippen LogP contribution in [0.5, 0.6) is 0 Å². The van der Waals surface area contributed by atoms with Gasteiger partial charge in [-0.25, -0.2) is 14.4 Å². The summed E-state index contributed by atoms with van der Waals surface area (Å²) in [5.41, 5.74) is 3.27. The fraction of sp³-hybridized carbons (Fsp3) is 0.308. The molecule has 2 aliphatic heterocycles. The first-order valence-corrected chi connectivity index (χ1v) is 11.3. The minimum atomic E-state index is -0.311. The summed E-state index contributed by atoms with van der Waals surface area (Å²) in [5, 5.41) is 0. The van der Waals surface area contributed by atoms with Crippen LogP contribution in [0.15, 0.2) is 54.6 Å². The Hall–Kier alpha value is -3.61. The molecule has 0 aliphatic carbocycles. The van der Waals surface area contributed by atoms with Crippen molar-refractivity contribution < 1.29 is 14.0 Å². The number of aryl methyl sites for hydroxylation is 1. The average Bonchev–Trinajstić information content (AvgIpc) is 3.32. The van der Waals surface area contributed by atoms with Gasteiger partial charge in [-0.1, -0.05) is 30.3 Å². The molecule has 3 heterocycles. The predicted octanol–water partition coefficient (Wildman–Crippen LogP) is 4.38. The van der Waals surface area contributed by atoms with Crippen LogP contribution >= 0.6 is 0 Å². The predicted molar refractivity (Wildman–Crippen MR) is 122 cm³/mol. The van der Waals surface area contributed by atoms with Gasteiger partial charge in [0.2, 0.25) is 5.91 Å². The summed E-state index contributed by atoms with van der Waals surface area (Å²) < 4.78 is 13.4. The summed E-state index contributed by atoms with van der Waals surface area (Å²) in [6.45, 7) is 2.91. The number of carbonyl (C=O) groups is 2. The third-order valence-electron chi connectivity index (χ3n) is 6.44. The molecule has 1 fully saturated rings. The molecule has 0 unspecified atom stereocenters. The molecule has 2 aromatic carbocycles. The van der Waals surface area contributed by atoms with Gasteiger partial charge in [0.25, 0.3) is 5.91 Å². The number of hydrogen-bond donors (Lipinski definition) is 0. The standard InChI is InChI=1S/C26H25FN4O2/c1-17-21-13-14-23(32)31(16-18-9-11-20(27)12-10-18)25(21)29-24(28-17)22-8-5-15-30(22)26(33)19-6-3-2-4-7-19/h2-4,6-7,9-12,22H,5,8,13-16H2,1H3/t22-/m1/s1. The van der Waals surface area contributed by atoms with E-state index < -0.39 is 0 Å². The first-order valence-electron chi connectivity index (χ1n) is 11.3. The van der Waals surface area contributed by atoms with Gasteiger partial charge in [0.1, 0.15) is 11.6 Å². The Morgan fingerprint density at radius 2 is 1.82 bits per heavy atom. The number of fused-ring (bicyclic) bond motifs is 1. The van der Waals surface area contributed by atoms with Gasteiger partial charge in [-0.05, 0) is 56.0 Å². The maximum atomic E-state index is 13.4. The fourth-order valence-electron chi connectivity index (χ4n) is 4.71. The van der Waals surface area contributed by atoms with Crippen LogP contribution in [0.1, 0.15) is 58.3 Å². The van der Waals surface area contributed by atoms with E-state index >= 15 is 0 Å². The Morgan fingerprint density at radius 1 is 1.06 bits per heavy atom. The first kappa shape index (κ1) is 21.2. The summed E-state index contributed by atoms with van der Waals surface area (Å²) in [6.07, 6.45) is 2.64. The Bertz CT molecular complexity index is 1200. The molecule has 0 spiro atoms. The zero-order valence-electron chi connectivity index (χ0n) is 18.5. The smallest absolute Gasteiger partial charge is 0.254 e. The van der Waals surface area contributed by atoms with Crippen LogP contribution in [0, 0.1) is 12.7 Å². The van der Waals surface area contributed by atoms with Crippen LogP contribution in [0.2, 0.25) is 0 Å². The van der Waals surface area contributed by atoms with E-state index in [-0.39, 0.29) is 23.7 Å². The Labute approximate surface area is 192 Å².